The molecule has 0 amide bonds. The highest BCUT2D eigenvalue weighted by atomic mass is 16.5. The predicted molar refractivity (Wildman–Crippen MR) is 80.6 cm³/mol. The molecular formula is C16H23N3O2. The van der Waals surface area contributed by atoms with Crippen LogP contribution in [0, 0.1) is 0 Å². The molecule has 0 aliphatic rings. The van der Waals surface area contributed by atoms with Crippen LogP contribution in [0.3, 0.4) is 0 Å². The molecule has 21 heavy (non-hydrogen) atoms. The van der Waals surface area contributed by atoms with Crippen LogP contribution in [0.5, 0.6) is 0 Å². The van der Waals surface area contributed by atoms with E-state index in [9.17, 15) is 0 Å². The van der Waals surface area contributed by atoms with Crippen LogP contribution in [-0.4, -0.2) is 16.7 Å². The second-order valence-corrected chi connectivity index (χ2v) is 5.25. The third-order valence-corrected chi connectivity index (χ3v) is 3.70. The maximum absolute atomic E-state index is 6.18. The molecule has 1 aromatic heterocycles. The van der Waals surface area contributed by atoms with E-state index in [0.29, 0.717) is 24.7 Å². The Morgan fingerprint density at radius 3 is 2.62 bits per heavy atom. The zero-order valence-corrected chi connectivity index (χ0v) is 12.9. The Bertz CT molecular complexity index is 556. The van der Waals surface area contributed by atoms with Gasteiger partial charge in [-0.25, -0.2) is 0 Å². The van der Waals surface area contributed by atoms with Crippen LogP contribution in [-0.2, 0) is 16.8 Å². The lowest BCUT2D eigenvalue weighted by Gasteiger charge is -2.23. The molecule has 2 atom stereocenters. The maximum atomic E-state index is 6.18. The van der Waals surface area contributed by atoms with Crippen molar-refractivity contribution in [1.29, 1.82) is 0 Å². The van der Waals surface area contributed by atoms with Crippen molar-refractivity contribution in [2.24, 2.45) is 5.73 Å². The minimum atomic E-state index is -0.507. The number of hydrogen-bond acceptors (Lipinski definition) is 5. The number of aromatic nitrogens is 2. The Labute approximate surface area is 125 Å². The summed E-state index contributed by atoms with van der Waals surface area (Å²) in [6.07, 6.45) is 1.30. The molecule has 0 saturated heterocycles. The first kappa shape index (κ1) is 15.7. The molecule has 0 bridgehead atoms. The third-order valence-electron chi connectivity index (χ3n) is 3.70. The summed E-state index contributed by atoms with van der Waals surface area (Å²) in [7, 11) is 0. The van der Waals surface area contributed by atoms with Gasteiger partial charge in [0.1, 0.15) is 5.60 Å². The summed E-state index contributed by atoms with van der Waals surface area (Å²) in [4.78, 5) is 4.45. The summed E-state index contributed by atoms with van der Waals surface area (Å²) in [5, 5.41) is 4.06. The van der Waals surface area contributed by atoms with Crippen molar-refractivity contribution in [2.45, 2.75) is 45.3 Å². The number of hydrogen-bond donors (Lipinski definition) is 1. The van der Waals surface area contributed by atoms with E-state index in [2.05, 4.69) is 10.1 Å². The molecular weight excluding hydrogens is 266 g/mol. The van der Waals surface area contributed by atoms with Crippen LogP contribution in [0.2, 0.25) is 0 Å². The first-order valence-corrected chi connectivity index (χ1v) is 7.36. The lowest BCUT2D eigenvalue weighted by Crippen LogP contribution is -2.26. The molecule has 1 heterocycles. The molecule has 0 aliphatic heterocycles. The van der Waals surface area contributed by atoms with Crippen LogP contribution in [0.25, 0.3) is 0 Å². The van der Waals surface area contributed by atoms with Crippen molar-refractivity contribution in [3.63, 3.8) is 0 Å². The van der Waals surface area contributed by atoms with Gasteiger partial charge < -0.3 is 15.0 Å². The van der Waals surface area contributed by atoms with Crippen molar-refractivity contribution < 1.29 is 9.26 Å². The molecule has 114 valence electrons. The van der Waals surface area contributed by atoms with Gasteiger partial charge in [0.2, 0.25) is 11.7 Å². The van der Waals surface area contributed by atoms with Gasteiger partial charge in [0.05, 0.1) is 0 Å². The van der Waals surface area contributed by atoms with Gasteiger partial charge in [-0.1, -0.05) is 42.4 Å². The van der Waals surface area contributed by atoms with Crippen molar-refractivity contribution >= 4 is 0 Å². The van der Waals surface area contributed by atoms with Gasteiger partial charge in [-0.3, -0.25) is 0 Å². The van der Waals surface area contributed by atoms with Gasteiger partial charge in [-0.05, 0) is 25.8 Å². The highest BCUT2D eigenvalue weighted by Crippen LogP contribution is 2.27. The molecule has 0 spiro atoms. The molecule has 0 saturated carbocycles. The standard InChI is InChI=1S/C16H23N3O2/c1-4-16(3,20-5-2)15-18-14(21-19-15)11-13(17)12-9-7-6-8-10-12/h6-10,13H,4-5,11,17H2,1-3H3. The molecule has 5 nitrogen and oxygen atoms in total. The highest BCUT2D eigenvalue weighted by Gasteiger charge is 2.31. The molecule has 2 rings (SSSR count). The van der Waals surface area contributed by atoms with Crippen LogP contribution in [0.15, 0.2) is 34.9 Å². The van der Waals surface area contributed by atoms with Gasteiger partial charge in [0, 0.05) is 19.1 Å². The predicted octanol–water partition coefficient (Wildman–Crippen LogP) is 2.97. The summed E-state index contributed by atoms with van der Waals surface area (Å²) in [5.41, 5.74) is 6.73. The zero-order valence-electron chi connectivity index (χ0n) is 12.9. The third kappa shape index (κ3) is 3.68. The fourth-order valence-electron chi connectivity index (χ4n) is 2.20. The van der Waals surface area contributed by atoms with Crippen LogP contribution >= 0.6 is 0 Å². The van der Waals surface area contributed by atoms with E-state index >= 15 is 0 Å². The number of rotatable bonds is 7. The highest BCUT2D eigenvalue weighted by molar-refractivity contribution is 5.19. The normalized spacial score (nSPS) is 15.6. The average molecular weight is 289 g/mol. The van der Waals surface area contributed by atoms with E-state index in [-0.39, 0.29) is 6.04 Å². The van der Waals surface area contributed by atoms with E-state index in [0.717, 1.165) is 12.0 Å². The molecule has 2 unspecified atom stereocenters. The Morgan fingerprint density at radius 1 is 1.29 bits per heavy atom. The van der Waals surface area contributed by atoms with Crippen molar-refractivity contribution in [2.75, 3.05) is 6.61 Å². The van der Waals surface area contributed by atoms with Gasteiger partial charge in [-0.15, -0.1) is 0 Å². The molecule has 5 heteroatoms. The Balaban J connectivity index is 2.10. The minimum Gasteiger partial charge on any atom is -0.367 e. The number of ether oxygens (including phenoxy) is 1. The van der Waals surface area contributed by atoms with Crippen molar-refractivity contribution in [1.82, 2.24) is 10.1 Å². The molecule has 2 N–H and O–H groups in total. The molecule has 0 fully saturated rings. The summed E-state index contributed by atoms with van der Waals surface area (Å²) in [6, 6.07) is 9.75. The maximum Gasteiger partial charge on any atom is 0.228 e. The zero-order chi connectivity index (χ0) is 15.3. The fourth-order valence-corrected chi connectivity index (χ4v) is 2.20. The van der Waals surface area contributed by atoms with Crippen molar-refractivity contribution in [3.8, 4) is 0 Å². The average Bonchev–Trinajstić information content (AvgIpc) is 2.97. The fraction of sp³-hybridized carbons (Fsp3) is 0.500. The van der Waals surface area contributed by atoms with Crippen LogP contribution < -0.4 is 5.73 Å². The second kappa shape index (κ2) is 6.83. The monoisotopic (exact) mass is 289 g/mol. The molecule has 1 aromatic carbocycles. The Morgan fingerprint density at radius 2 is 2.00 bits per heavy atom. The largest absolute Gasteiger partial charge is 0.367 e. The van der Waals surface area contributed by atoms with Crippen LogP contribution in [0.4, 0.5) is 0 Å². The smallest absolute Gasteiger partial charge is 0.228 e. The number of benzene rings is 1. The molecule has 0 aliphatic carbocycles. The first-order chi connectivity index (χ1) is 10.1. The summed E-state index contributed by atoms with van der Waals surface area (Å²) in [5.74, 6) is 1.13. The Kier molecular flexibility index (Phi) is 5.09. The summed E-state index contributed by atoms with van der Waals surface area (Å²) >= 11 is 0. The summed E-state index contributed by atoms with van der Waals surface area (Å²) in [6.45, 7) is 6.58. The number of nitrogens with zero attached hydrogens (tertiary/aromatic N) is 2. The quantitative estimate of drug-likeness (QED) is 0.848. The topological polar surface area (TPSA) is 74.2 Å². The summed E-state index contributed by atoms with van der Waals surface area (Å²) < 4.78 is 11.1. The Hall–Kier alpha value is -1.72. The minimum absolute atomic E-state index is 0.153. The lowest BCUT2D eigenvalue weighted by atomic mass is 10.0. The van der Waals surface area contributed by atoms with Gasteiger partial charge in [-0.2, -0.15) is 4.98 Å². The van der Waals surface area contributed by atoms with E-state index in [4.69, 9.17) is 15.0 Å². The van der Waals surface area contributed by atoms with Gasteiger partial charge in [0.15, 0.2) is 0 Å². The second-order valence-electron chi connectivity index (χ2n) is 5.25. The van der Waals surface area contributed by atoms with Crippen LogP contribution in [0.1, 0.15) is 50.5 Å². The van der Waals surface area contributed by atoms with E-state index in [1.54, 1.807) is 0 Å². The SMILES string of the molecule is CCOC(C)(CC)c1noc(CC(N)c2ccccc2)n1. The lowest BCUT2D eigenvalue weighted by molar-refractivity contribution is -0.0403. The molecule has 2 aromatic rings. The first-order valence-electron chi connectivity index (χ1n) is 7.36. The number of nitrogens with two attached hydrogens (primary N) is 1. The van der Waals surface area contributed by atoms with E-state index < -0.39 is 5.60 Å². The van der Waals surface area contributed by atoms with E-state index in [1.165, 1.54) is 0 Å². The van der Waals surface area contributed by atoms with E-state index in [1.807, 2.05) is 51.1 Å². The van der Waals surface area contributed by atoms with Gasteiger partial charge >= 0.3 is 0 Å². The van der Waals surface area contributed by atoms with Gasteiger partial charge in [0.25, 0.3) is 0 Å². The van der Waals surface area contributed by atoms with Crippen molar-refractivity contribution in [3.05, 3.63) is 47.6 Å². The molecule has 0 radical (unpaired) electrons.